The van der Waals surface area contributed by atoms with E-state index < -0.39 is 0 Å². The van der Waals surface area contributed by atoms with Crippen LogP contribution in [0.1, 0.15) is 24.8 Å². The molecule has 0 aliphatic carbocycles. The molecule has 4 heteroatoms. The van der Waals surface area contributed by atoms with Gasteiger partial charge in [-0.15, -0.1) is 0 Å². The van der Waals surface area contributed by atoms with Crippen LogP contribution < -0.4 is 10.1 Å². The number of hydrogen-bond acceptors (Lipinski definition) is 3. The second kappa shape index (κ2) is 7.14. The first-order chi connectivity index (χ1) is 10.8. The van der Waals surface area contributed by atoms with Crippen molar-refractivity contribution in [1.29, 1.82) is 0 Å². The van der Waals surface area contributed by atoms with Crippen molar-refractivity contribution in [3.63, 3.8) is 0 Å². The topological polar surface area (TPSA) is 41.6 Å². The SMILES string of the molecule is COc1cccc(CCC(=O)N2CC[C@@H]3CNC[C@@H]3CC2)c1. The van der Waals surface area contributed by atoms with Crippen LogP contribution in [-0.2, 0) is 11.2 Å². The highest BCUT2D eigenvalue weighted by molar-refractivity contribution is 5.76. The second-order valence-electron chi connectivity index (χ2n) is 6.49. The Balaban J connectivity index is 1.51. The third kappa shape index (κ3) is 3.61. The molecule has 1 N–H and O–H groups in total. The first kappa shape index (κ1) is 15.3. The van der Waals surface area contributed by atoms with Crippen LogP contribution in [0.25, 0.3) is 0 Å². The van der Waals surface area contributed by atoms with E-state index >= 15 is 0 Å². The number of aryl methyl sites for hydroxylation is 1. The molecule has 2 saturated heterocycles. The smallest absolute Gasteiger partial charge is 0.222 e. The van der Waals surface area contributed by atoms with Crippen LogP contribution in [0.3, 0.4) is 0 Å². The van der Waals surface area contributed by atoms with Crippen LogP contribution in [0.2, 0.25) is 0 Å². The summed E-state index contributed by atoms with van der Waals surface area (Å²) in [4.78, 5) is 14.6. The van der Waals surface area contributed by atoms with Crippen molar-refractivity contribution in [1.82, 2.24) is 10.2 Å². The zero-order chi connectivity index (χ0) is 15.4. The fraction of sp³-hybridized carbons (Fsp3) is 0.611. The zero-order valence-electron chi connectivity index (χ0n) is 13.4. The maximum Gasteiger partial charge on any atom is 0.222 e. The van der Waals surface area contributed by atoms with Crippen molar-refractivity contribution in [2.75, 3.05) is 33.3 Å². The number of methoxy groups -OCH3 is 1. The Morgan fingerprint density at radius 3 is 2.68 bits per heavy atom. The van der Waals surface area contributed by atoms with E-state index in [1.807, 2.05) is 18.2 Å². The Bertz CT molecular complexity index is 504. The van der Waals surface area contributed by atoms with Gasteiger partial charge in [-0.05, 0) is 61.9 Å². The monoisotopic (exact) mass is 302 g/mol. The van der Waals surface area contributed by atoms with Crippen LogP contribution >= 0.6 is 0 Å². The number of likely N-dealkylation sites (tertiary alicyclic amines) is 1. The number of nitrogens with zero attached hydrogens (tertiary/aromatic N) is 1. The highest BCUT2D eigenvalue weighted by Crippen LogP contribution is 2.27. The van der Waals surface area contributed by atoms with Crippen molar-refractivity contribution in [3.8, 4) is 5.75 Å². The Morgan fingerprint density at radius 2 is 2.00 bits per heavy atom. The molecule has 2 aliphatic rings. The molecule has 1 amide bonds. The molecule has 3 rings (SSSR count). The molecule has 0 spiro atoms. The number of ether oxygens (including phenoxy) is 1. The standard InChI is InChI=1S/C18H26N2O2/c1-22-17-4-2-3-14(11-17)5-6-18(21)20-9-7-15-12-19-13-16(15)8-10-20/h2-4,11,15-16,19H,5-10,12-13H2,1H3/t15-,16+. The highest BCUT2D eigenvalue weighted by Gasteiger charge is 2.31. The minimum atomic E-state index is 0.302. The quantitative estimate of drug-likeness (QED) is 0.926. The van der Waals surface area contributed by atoms with Crippen molar-refractivity contribution < 1.29 is 9.53 Å². The molecule has 22 heavy (non-hydrogen) atoms. The van der Waals surface area contributed by atoms with Gasteiger partial charge in [0.15, 0.2) is 0 Å². The number of carbonyl (C=O) groups excluding carboxylic acids is 1. The summed E-state index contributed by atoms with van der Waals surface area (Å²) in [6.45, 7) is 4.13. The summed E-state index contributed by atoms with van der Waals surface area (Å²) >= 11 is 0. The minimum Gasteiger partial charge on any atom is -0.497 e. The average molecular weight is 302 g/mol. The van der Waals surface area contributed by atoms with Crippen molar-refractivity contribution >= 4 is 5.91 Å². The van der Waals surface area contributed by atoms with Gasteiger partial charge in [-0.1, -0.05) is 12.1 Å². The Labute approximate surface area is 132 Å². The number of nitrogens with one attached hydrogen (secondary N) is 1. The van der Waals surface area contributed by atoms with E-state index in [-0.39, 0.29) is 0 Å². The Hall–Kier alpha value is -1.55. The van der Waals surface area contributed by atoms with Gasteiger partial charge in [0.05, 0.1) is 7.11 Å². The molecule has 2 aliphatic heterocycles. The van der Waals surface area contributed by atoms with Crippen molar-refractivity contribution in [2.24, 2.45) is 11.8 Å². The largest absolute Gasteiger partial charge is 0.497 e. The molecular formula is C18H26N2O2. The number of hydrogen-bond donors (Lipinski definition) is 1. The maximum absolute atomic E-state index is 12.5. The normalized spacial score (nSPS) is 24.7. The molecule has 1 aromatic rings. The molecule has 0 saturated carbocycles. The molecule has 2 heterocycles. The highest BCUT2D eigenvalue weighted by atomic mass is 16.5. The third-order valence-corrected chi connectivity index (χ3v) is 5.13. The van der Waals surface area contributed by atoms with Crippen molar-refractivity contribution in [3.05, 3.63) is 29.8 Å². The summed E-state index contributed by atoms with van der Waals surface area (Å²) in [7, 11) is 1.67. The molecule has 2 atom stereocenters. The Kier molecular flexibility index (Phi) is 4.98. The van der Waals surface area contributed by atoms with Gasteiger partial charge in [0.1, 0.15) is 5.75 Å². The lowest BCUT2D eigenvalue weighted by atomic mass is 9.92. The van der Waals surface area contributed by atoms with E-state index in [1.54, 1.807) is 7.11 Å². The molecule has 0 bridgehead atoms. The number of benzene rings is 1. The lowest BCUT2D eigenvalue weighted by Crippen LogP contribution is -2.32. The molecule has 1 aromatic carbocycles. The number of rotatable bonds is 4. The van der Waals surface area contributed by atoms with Crippen LogP contribution in [0.15, 0.2) is 24.3 Å². The predicted octanol–water partition coefficient (Wildman–Crippen LogP) is 2.09. The van der Waals surface area contributed by atoms with E-state index in [9.17, 15) is 4.79 Å². The van der Waals surface area contributed by atoms with E-state index in [4.69, 9.17) is 4.74 Å². The maximum atomic E-state index is 12.5. The summed E-state index contributed by atoms with van der Waals surface area (Å²) in [6, 6.07) is 8.01. The third-order valence-electron chi connectivity index (χ3n) is 5.13. The summed E-state index contributed by atoms with van der Waals surface area (Å²) in [6.07, 6.45) is 3.70. The Morgan fingerprint density at radius 1 is 1.27 bits per heavy atom. The summed E-state index contributed by atoms with van der Waals surface area (Å²) in [5, 5.41) is 3.48. The average Bonchev–Trinajstić information content (AvgIpc) is 2.91. The summed E-state index contributed by atoms with van der Waals surface area (Å²) in [5.74, 6) is 2.71. The molecule has 2 fully saturated rings. The van der Waals surface area contributed by atoms with E-state index in [2.05, 4.69) is 16.3 Å². The van der Waals surface area contributed by atoms with Crippen LogP contribution in [-0.4, -0.2) is 44.1 Å². The fourth-order valence-corrected chi connectivity index (χ4v) is 3.70. The zero-order valence-corrected chi connectivity index (χ0v) is 13.4. The van der Waals surface area contributed by atoms with Crippen molar-refractivity contribution in [2.45, 2.75) is 25.7 Å². The minimum absolute atomic E-state index is 0.302. The predicted molar refractivity (Wildman–Crippen MR) is 87.0 cm³/mol. The first-order valence-corrected chi connectivity index (χ1v) is 8.37. The van der Waals surface area contributed by atoms with Gasteiger partial charge in [0.25, 0.3) is 0 Å². The van der Waals surface area contributed by atoms with Gasteiger partial charge < -0.3 is 15.0 Å². The number of fused-ring (bicyclic) bond motifs is 1. The van der Waals surface area contributed by atoms with Gasteiger partial charge >= 0.3 is 0 Å². The van der Waals surface area contributed by atoms with Gasteiger partial charge in [0, 0.05) is 19.5 Å². The van der Waals surface area contributed by atoms with E-state index in [1.165, 1.54) is 5.56 Å². The molecule has 0 unspecified atom stereocenters. The first-order valence-electron chi connectivity index (χ1n) is 8.37. The number of carbonyl (C=O) groups is 1. The fourth-order valence-electron chi connectivity index (χ4n) is 3.70. The lowest BCUT2D eigenvalue weighted by Gasteiger charge is -2.21. The second-order valence-corrected chi connectivity index (χ2v) is 6.49. The van der Waals surface area contributed by atoms with Gasteiger partial charge in [-0.25, -0.2) is 0 Å². The number of amides is 1. The van der Waals surface area contributed by atoms with Gasteiger partial charge in [-0.3, -0.25) is 4.79 Å². The summed E-state index contributed by atoms with van der Waals surface area (Å²) < 4.78 is 5.24. The van der Waals surface area contributed by atoms with E-state index in [0.29, 0.717) is 12.3 Å². The van der Waals surface area contributed by atoms with Gasteiger partial charge in [0.2, 0.25) is 5.91 Å². The summed E-state index contributed by atoms with van der Waals surface area (Å²) in [5.41, 5.74) is 1.17. The molecule has 4 nitrogen and oxygen atoms in total. The lowest BCUT2D eigenvalue weighted by molar-refractivity contribution is -0.131. The molecule has 0 radical (unpaired) electrons. The molecule has 0 aromatic heterocycles. The van der Waals surface area contributed by atoms with Crippen LogP contribution in [0.4, 0.5) is 0 Å². The van der Waals surface area contributed by atoms with Crippen LogP contribution in [0, 0.1) is 11.8 Å². The van der Waals surface area contributed by atoms with Gasteiger partial charge in [-0.2, -0.15) is 0 Å². The molecule has 120 valence electrons. The van der Waals surface area contributed by atoms with E-state index in [0.717, 1.165) is 63.0 Å². The molecular weight excluding hydrogens is 276 g/mol. The van der Waals surface area contributed by atoms with Crippen LogP contribution in [0.5, 0.6) is 5.75 Å².